The SMILES string of the molecule is Cc1c(-c2cc3oc4cnnn4c3c[n+]2C)cc(C(C)(C)C)c2ccccc12. The maximum Gasteiger partial charge on any atom is 0.243 e. The quantitative estimate of drug-likeness (QED) is 0.400. The van der Waals surface area contributed by atoms with Crippen LogP contribution in [0.3, 0.4) is 0 Å². The maximum absolute atomic E-state index is 5.96. The Morgan fingerprint density at radius 3 is 2.57 bits per heavy atom. The van der Waals surface area contributed by atoms with Gasteiger partial charge in [-0.05, 0) is 40.3 Å². The van der Waals surface area contributed by atoms with Gasteiger partial charge in [0.1, 0.15) is 13.2 Å². The van der Waals surface area contributed by atoms with E-state index in [9.17, 15) is 0 Å². The fraction of sp³-hybridized carbons (Fsp3) is 0.261. The topological polar surface area (TPSA) is 47.2 Å². The number of nitrogens with zero attached hydrogens (tertiary/aromatic N) is 4. The van der Waals surface area contributed by atoms with Crippen LogP contribution in [0.4, 0.5) is 0 Å². The van der Waals surface area contributed by atoms with Crippen molar-refractivity contribution in [1.29, 1.82) is 0 Å². The van der Waals surface area contributed by atoms with Crippen LogP contribution in [-0.4, -0.2) is 14.8 Å². The Bertz CT molecular complexity index is 1370. The minimum Gasteiger partial charge on any atom is -0.435 e. The Kier molecular flexibility index (Phi) is 3.41. The molecule has 0 fully saturated rings. The number of hydrogen-bond acceptors (Lipinski definition) is 3. The lowest BCUT2D eigenvalue weighted by molar-refractivity contribution is -0.659. The Balaban J connectivity index is 1.86. The van der Waals surface area contributed by atoms with Crippen LogP contribution in [0.2, 0.25) is 0 Å². The number of oxazole rings is 1. The first-order valence-corrected chi connectivity index (χ1v) is 9.50. The zero-order valence-electron chi connectivity index (χ0n) is 16.8. The van der Waals surface area contributed by atoms with Crippen LogP contribution in [-0.2, 0) is 12.5 Å². The number of pyridine rings is 1. The largest absolute Gasteiger partial charge is 0.435 e. The molecule has 0 N–H and O–H groups in total. The number of aromatic nitrogens is 4. The number of fused-ring (bicyclic) bond motifs is 4. The molecule has 0 saturated heterocycles. The van der Waals surface area contributed by atoms with Gasteiger partial charge in [0.05, 0.1) is 11.6 Å². The van der Waals surface area contributed by atoms with Crippen molar-refractivity contribution in [2.45, 2.75) is 33.1 Å². The van der Waals surface area contributed by atoms with Crippen molar-refractivity contribution < 1.29 is 8.98 Å². The van der Waals surface area contributed by atoms with E-state index in [-0.39, 0.29) is 5.41 Å². The highest BCUT2D eigenvalue weighted by molar-refractivity contribution is 5.94. The molecule has 3 aromatic heterocycles. The van der Waals surface area contributed by atoms with Gasteiger partial charge in [0.15, 0.2) is 17.3 Å². The third kappa shape index (κ3) is 2.35. The molecule has 0 aliphatic rings. The van der Waals surface area contributed by atoms with Gasteiger partial charge in [-0.3, -0.25) is 0 Å². The molecule has 28 heavy (non-hydrogen) atoms. The molecule has 0 atom stereocenters. The van der Waals surface area contributed by atoms with Crippen LogP contribution >= 0.6 is 0 Å². The lowest BCUT2D eigenvalue weighted by atomic mass is 9.80. The van der Waals surface area contributed by atoms with Gasteiger partial charge in [0.25, 0.3) is 0 Å². The first-order chi connectivity index (χ1) is 13.3. The van der Waals surface area contributed by atoms with Crippen LogP contribution < -0.4 is 4.57 Å². The molecule has 5 heteroatoms. The van der Waals surface area contributed by atoms with Gasteiger partial charge in [0.2, 0.25) is 11.4 Å². The number of aryl methyl sites for hydroxylation is 2. The summed E-state index contributed by atoms with van der Waals surface area (Å²) in [6.45, 7) is 9.01. The van der Waals surface area contributed by atoms with Crippen molar-refractivity contribution in [3.63, 3.8) is 0 Å². The van der Waals surface area contributed by atoms with Crippen molar-refractivity contribution in [2.24, 2.45) is 7.05 Å². The van der Waals surface area contributed by atoms with Crippen LogP contribution in [0.25, 0.3) is 38.8 Å². The predicted octanol–water partition coefficient (Wildman–Crippen LogP) is 4.73. The number of benzene rings is 2. The fourth-order valence-corrected chi connectivity index (χ4v) is 4.11. The van der Waals surface area contributed by atoms with Crippen molar-refractivity contribution in [1.82, 2.24) is 14.8 Å². The molecule has 3 heterocycles. The number of rotatable bonds is 1. The molecule has 0 saturated carbocycles. The van der Waals surface area contributed by atoms with E-state index in [4.69, 9.17) is 4.42 Å². The summed E-state index contributed by atoms with van der Waals surface area (Å²) in [5.41, 5.74) is 7.38. The van der Waals surface area contributed by atoms with Gasteiger partial charge in [-0.25, -0.2) is 0 Å². The standard InChI is InChI=1S/C23H23N4O/c1-14-15-8-6-7-9-16(15)18(23(2,3)4)10-17(14)19-11-21-20(13-26(19)5)27-22(28-21)12-24-25-27/h6-13H,1-5H3/q+1. The highest BCUT2D eigenvalue weighted by Crippen LogP contribution is 2.37. The predicted molar refractivity (Wildman–Crippen MR) is 110 cm³/mol. The summed E-state index contributed by atoms with van der Waals surface area (Å²) < 4.78 is 9.83. The third-order valence-corrected chi connectivity index (χ3v) is 5.57. The lowest BCUT2D eigenvalue weighted by Gasteiger charge is -2.23. The van der Waals surface area contributed by atoms with Gasteiger partial charge in [-0.1, -0.05) is 50.3 Å². The molecule has 0 amide bonds. The molecular formula is C23H23N4O+. The molecule has 0 aliphatic heterocycles. The van der Waals surface area contributed by atoms with E-state index in [1.807, 2.05) is 0 Å². The number of hydrogen-bond donors (Lipinski definition) is 0. The molecule has 2 aromatic carbocycles. The summed E-state index contributed by atoms with van der Waals surface area (Å²) >= 11 is 0. The van der Waals surface area contributed by atoms with Gasteiger partial charge in [-0.2, -0.15) is 9.08 Å². The molecule has 140 valence electrons. The fourth-order valence-electron chi connectivity index (χ4n) is 4.11. The molecule has 0 bridgehead atoms. The average Bonchev–Trinajstić information content (AvgIpc) is 3.22. The minimum absolute atomic E-state index is 0.0434. The average molecular weight is 371 g/mol. The zero-order valence-corrected chi connectivity index (χ0v) is 16.8. The van der Waals surface area contributed by atoms with Crippen LogP contribution in [0, 0.1) is 6.92 Å². The van der Waals surface area contributed by atoms with Crippen LogP contribution in [0.5, 0.6) is 0 Å². The molecule has 0 unspecified atom stereocenters. The van der Waals surface area contributed by atoms with E-state index < -0.39 is 0 Å². The lowest BCUT2D eigenvalue weighted by Crippen LogP contribution is -2.31. The molecule has 5 aromatic rings. The van der Waals surface area contributed by atoms with E-state index in [2.05, 4.69) is 92.2 Å². The summed E-state index contributed by atoms with van der Waals surface area (Å²) in [4.78, 5) is 0. The van der Waals surface area contributed by atoms with Crippen molar-refractivity contribution in [3.8, 4) is 11.3 Å². The second-order valence-electron chi connectivity index (χ2n) is 8.50. The summed E-state index contributed by atoms with van der Waals surface area (Å²) in [6.07, 6.45) is 3.69. The Morgan fingerprint density at radius 1 is 1.07 bits per heavy atom. The summed E-state index contributed by atoms with van der Waals surface area (Å²) in [7, 11) is 2.07. The van der Waals surface area contributed by atoms with Crippen LogP contribution in [0.15, 0.2) is 53.2 Å². The van der Waals surface area contributed by atoms with Crippen LogP contribution in [0.1, 0.15) is 31.9 Å². The second kappa shape index (κ2) is 5.64. The van der Waals surface area contributed by atoms with E-state index in [0.29, 0.717) is 5.71 Å². The van der Waals surface area contributed by atoms with Crippen molar-refractivity contribution in [3.05, 3.63) is 59.9 Å². The monoisotopic (exact) mass is 371 g/mol. The first kappa shape index (κ1) is 16.9. The van der Waals surface area contributed by atoms with Crippen molar-refractivity contribution >= 4 is 27.6 Å². The Hall–Kier alpha value is -3.21. The summed E-state index contributed by atoms with van der Waals surface area (Å²) in [5, 5.41) is 10.7. The van der Waals surface area contributed by atoms with Gasteiger partial charge < -0.3 is 4.42 Å². The van der Waals surface area contributed by atoms with Gasteiger partial charge in [-0.15, -0.1) is 5.10 Å². The molecule has 0 spiro atoms. The maximum atomic E-state index is 5.96. The first-order valence-electron chi connectivity index (χ1n) is 9.50. The highest BCUT2D eigenvalue weighted by Gasteiger charge is 2.24. The minimum atomic E-state index is 0.0434. The van der Waals surface area contributed by atoms with E-state index in [1.54, 1.807) is 10.7 Å². The molecule has 5 rings (SSSR count). The molecular weight excluding hydrogens is 348 g/mol. The summed E-state index contributed by atoms with van der Waals surface area (Å²) in [5.74, 6) is 0. The third-order valence-electron chi connectivity index (χ3n) is 5.57. The second-order valence-corrected chi connectivity index (χ2v) is 8.50. The van der Waals surface area contributed by atoms with E-state index in [0.717, 1.165) is 16.8 Å². The van der Waals surface area contributed by atoms with Gasteiger partial charge in [0, 0.05) is 0 Å². The van der Waals surface area contributed by atoms with Crippen molar-refractivity contribution in [2.75, 3.05) is 0 Å². The molecule has 0 radical (unpaired) electrons. The zero-order chi connectivity index (χ0) is 19.6. The Labute approximate surface area is 163 Å². The molecule has 0 aliphatic carbocycles. The van der Waals surface area contributed by atoms with Gasteiger partial charge >= 0.3 is 0 Å². The smallest absolute Gasteiger partial charge is 0.243 e. The molecule has 5 nitrogen and oxygen atoms in total. The van der Waals surface area contributed by atoms with E-state index in [1.165, 1.54) is 27.5 Å². The summed E-state index contributed by atoms with van der Waals surface area (Å²) in [6, 6.07) is 13.1. The highest BCUT2D eigenvalue weighted by atomic mass is 16.3. The van der Waals surface area contributed by atoms with E-state index >= 15 is 0 Å². The normalized spacial score (nSPS) is 12.5. The Morgan fingerprint density at radius 2 is 1.82 bits per heavy atom.